The van der Waals surface area contributed by atoms with Crippen molar-refractivity contribution in [1.29, 1.82) is 0 Å². The van der Waals surface area contributed by atoms with Gasteiger partial charge in [0.2, 0.25) is 0 Å². The van der Waals surface area contributed by atoms with E-state index in [4.69, 9.17) is 10.0 Å². The highest BCUT2D eigenvalue weighted by molar-refractivity contribution is 6.58. The van der Waals surface area contributed by atoms with Crippen molar-refractivity contribution in [3.63, 3.8) is 0 Å². The quantitative estimate of drug-likeness (QED) is 0.700. The molecule has 2 rings (SSSR count). The maximum absolute atomic E-state index is 12.8. The number of nitrogens with one attached hydrogen (secondary N) is 1. The van der Waals surface area contributed by atoms with Crippen LogP contribution in [-0.2, 0) is 6.18 Å². The van der Waals surface area contributed by atoms with Crippen molar-refractivity contribution in [3.8, 4) is 0 Å². The molecule has 1 heterocycles. The Balaban J connectivity index is 2.39. The summed E-state index contributed by atoms with van der Waals surface area (Å²) in [6.45, 7) is 1.52. The van der Waals surface area contributed by atoms with E-state index in [1.54, 1.807) is 0 Å². The van der Waals surface area contributed by atoms with Gasteiger partial charge < -0.3 is 15.4 Å². The van der Waals surface area contributed by atoms with Gasteiger partial charge in [-0.25, -0.2) is 0 Å². The van der Waals surface area contributed by atoms with E-state index in [-0.39, 0.29) is 11.4 Å². The van der Waals surface area contributed by atoms with Gasteiger partial charge in [-0.15, -0.1) is 0 Å². The summed E-state index contributed by atoms with van der Waals surface area (Å²) in [5, 5.41) is 21.4. The summed E-state index contributed by atoms with van der Waals surface area (Å²) in [6.07, 6.45) is -2.98. The summed E-state index contributed by atoms with van der Waals surface area (Å²) >= 11 is 0. The number of alkyl halides is 3. The van der Waals surface area contributed by atoms with Gasteiger partial charge in [0.15, 0.2) is 0 Å². The number of piperidine rings is 1. The summed E-state index contributed by atoms with van der Waals surface area (Å²) in [5.41, 5.74) is -0.408. The van der Waals surface area contributed by atoms with Gasteiger partial charge in [-0.1, -0.05) is 12.1 Å². The normalized spacial score (nSPS) is 17.5. The lowest BCUT2D eigenvalue weighted by atomic mass is 9.76. The van der Waals surface area contributed by atoms with E-state index in [1.165, 1.54) is 6.07 Å². The zero-order valence-electron chi connectivity index (χ0n) is 10.2. The molecule has 19 heavy (non-hydrogen) atoms. The molecule has 1 aliphatic heterocycles. The molecule has 1 aromatic rings. The van der Waals surface area contributed by atoms with E-state index < -0.39 is 18.9 Å². The van der Waals surface area contributed by atoms with Crippen molar-refractivity contribution in [1.82, 2.24) is 5.32 Å². The lowest BCUT2D eigenvalue weighted by Crippen LogP contribution is -2.33. The van der Waals surface area contributed by atoms with E-state index in [0.29, 0.717) is 5.56 Å². The Labute approximate surface area is 109 Å². The molecule has 1 aromatic carbocycles. The summed E-state index contributed by atoms with van der Waals surface area (Å²) < 4.78 is 38.4. The van der Waals surface area contributed by atoms with E-state index in [1.807, 2.05) is 0 Å². The van der Waals surface area contributed by atoms with Crippen LogP contribution < -0.4 is 10.8 Å². The maximum Gasteiger partial charge on any atom is 0.488 e. The Morgan fingerprint density at radius 2 is 1.74 bits per heavy atom. The van der Waals surface area contributed by atoms with Gasteiger partial charge in [0, 0.05) is 0 Å². The lowest BCUT2D eigenvalue weighted by Gasteiger charge is -2.24. The molecule has 3 nitrogen and oxygen atoms in total. The fraction of sp³-hybridized carbons (Fsp3) is 0.500. The van der Waals surface area contributed by atoms with E-state index in [0.717, 1.165) is 38.1 Å². The van der Waals surface area contributed by atoms with Crippen LogP contribution in [0.25, 0.3) is 0 Å². The fourth-order valence-corrected chi connectivity index (χ4v) is 2.38. The minimum absolute atomic E-state index is 0.0287. The molecule has 0 bridgehead atoms. The topological polar surface area (TPSA) is 52.5 Å². The molecule has 7 heteroatoms. The molecule has 0 saturated carbocycles. The van der Waals surface area contributed by atoms with Crippen LogP contribution in [0, 0.1) is 0 Å². The van der Waals surface area contributed by atoms with Crippen LogP contribution in [0.4, 0.5) is 13.2 Å². The molecule has 0 amide bonds. The number of benzene rings is 1. The van der Waals surface area contributed by atoms with Crippen LogP contribution in [0.2, 0.25) is 0 Å². The van der Waals surface area contributed by atoms with Crippen molar-refractivity contribution in [2.75, 3.05) is 13.1 Å². The van der Waals surface area contributed by atoms with Crippen molar-refractivity contribution in [3.05, 3.63) is 29.3 Å². The summed E-state index contributed by atoms with van der Waals surface area (Å²) in [7, 11) is -1.89. The molecule has 0 spiro atoms. The van der Waals surface area contributed by atoms with Crippen molar-refractivity contribution < 1.29 is 23.2 Å². The van der Waals surface area contributed by atoms with E-state index in [9.17, 15) is 13.2 Å². The van der Waals surface area contributed by atoms with Crippen LogP contribution in [-0.4, -0.2) is 30.3 Å². The second kappa shape index (κ2) is 5.52. The average molecular weight is 273 g/mol. The van der Waals surface area contributed by atoms with Gasteiger partial charge in [0.25, 0.3) is 0 Å². The minimum Gasteiger partial charge on any atom is -0.423 e. The third-order valence-electron chi connectivity index (χ3n) is 3.41. The largest absolute Gasteiger partial charge is 0.488 e. The predicted molar refractivity (Wildman–Crippen MR) is 66.1 cm³/mol. The second-order valence-corrected chi connectivity index (χ2v) is 4.78. The molecule has 0 aromatic heterocycles. The van der Waals surface area contributed by atoms with Crippen molar-refractivity contribution >= 4 is 12.6 Å². The summed E-state index contributed by atoms with van der Waals surface area (Å²) in [4.78, 5) is 0. The van der Waals surface area contributed by atoms with Gasteiger partial charge in [-0.05, 0) is 48.9 Å². The first kappa shape index (κ1) is 14.4. The third kappa shape index (κ3) is 3.49. The van der Waals surface area contributed by atoms with Crippen LogP contribution in [0.5, 0.6) is 0 Å². The Hall–Kier alpha value is -1.05. The van der Waals surface area contributed by atoms with E-state index >= 15 is 0 Å². The Morgan fingerprint density at radius 3 is 2.26 bits per heavy atom. The van der Waals surface area contributed by atoms with Gasteiger partial charge in [-0.2, -0.15) is 13.2 Å². The molecular formula is C12H15BF3NO2. The zero-order chi connectivity index (χ0) is 14.0. The van der Waals surface area contributed by atoms with E-state index in [2.05, 4.69) is 5.32 Å². The Kier molecular flexibility index (Phi) is 4.18. The number of hydrogen-bond acceptors (Lipinski definition) is 3. The molecule has 0 radical (unpaired) electrons. The number of hydrogen-bond donors (Lipinski definition) is 3. The molecule has 1 aliphatic rings. The fourth-order valence-electron chi connectivity index (χ4n) is 2.38. The molecule has 3 N–H and O–H groups in total. The van der Waals surface area contributed by atoms with Crippen LogP contribution in [0.3, 0.4) is 0 Å². The Morgan fingerprint density at radius 1 is 1.11 bits per heavy atom. The molecule has 1 fully saturated rings. The SMILES string of the molecule is OB(O)c1cc(C2CCNCC2)cc(C(F)(F)F)c1. The van der Waals surface area contributed by atoms with Gasteiger partial charge in [-0.3, -0.25) is 0 Å². The van der Waals surface area contributed by atoms with Crippen molar-refractivity contribution in [2.24, 2.45) is 0 Å². The third-order valence-corrected chi connectivity index (χ3v) is 3.41. The minimum atomic E-state index is -4.48. The molecule has 1 saturated heterocycles. The summed E-state index contributed by atoms with van der Waals surface area (Å²) in [5.74, 6) is 0.0287. The number of rotatable bonds is 2. The predicted octanol–water partition coefficient (Wildman–Crippen LogP) is 0.852. The van der Waals surface area contributed by atoms with Gasteiger partial charge >= 0.3 is 13.3 Å². The highest BCUT2D eigenvalue weighted by Crippen LogP contribution is 2.32. The second-order valence-electron chi connectivity index (χ2n) is 4.78. The highest BCUT2D eigenvalue weighted by atomic mass is 19.4. The first-order chi connectivity index (χ1) is 8.88. The monoisotopic (exact) mass is 273 g/mol. The maximum atomic E-state index is 12.8. The number of halogens is 3. The van der Waals surface area contributed by atoms with Crippen LogP contribution in [0.1, 0.15) is 29.9 Å². The molecule has 0 atom stereocenters. The Bertz CT molecular complexity index is 445. The highest BCUT2D eigenvalue weighted by Gasteiger charge is 2.33. The zero-order valence-corrected chi connectivity index (χ0v) is 10.2. The van der Waals surface area contributed by atoms with Gasteiger partial charge in [0.05, 0.1) is 5.56 Å². The van der Waals surface area contributed by atoms with Crippen LogP contribution >= 0.6 is 0 Å². The average Bonchev–Trinajstić information content (AvgIpc) is 2.38. The van der Waals surface area contributed by atoms with Crippen LogP contribution in [0.15, 0.2) is 18.2 Å². The molecular weight excluding hydrogens is 258 g/mol. The molecule has 0 aliphatic carbocycles. The molecule has 104 valence electrons. The first-order valence-electron chi connectivity index (χ1n) is 6.17. The molecule has 0 unspecified atom stereocenters. The van der Waals surface area contributed by atoms with Crippen molar-refractivity contribution in [2.45, 2.75) is 24.9 Å². The smallest absolute Gasteiger partial charge is 0.423 e. The lowest BCUT2D eigenvalue weighted by molar-refractivity contribution is -0.137. The summed E-state index contributed by atoms with van der Waals surface area (Å²) in [6, 6.07) is 3.35. The first-order valence-corrected chi connectivity index (χ1v) is 6.17. The van der Waals surface area contributed by atoms with Gasteiger partial charge in [0.1, 0.15) is 0 Å². The standard InChI is InChI=1S/C12H15BF3NO2/c14-12(15,16)10-5-9(6-11(7-10)13(18)19)8-1-3-17-4-2-8/h5-8,17-19H,1-4H2.